The molecule has 1 unspecified atom stereocenters. The van der Waals surface area contributed by atoms with Crippen molar-refractivity contribution in [1.29, 1.82) is 0 Å². The van der Waals surface area contributed by atoms with Crippen LogP contribution in [0.5, 0.6) is 0 Å². The van der Waals surface area contributed by atoms with E-state index in [0.29, 0.717) is 10.7 Å². The lowest BCUT2D eigenvalue weighted by Crippen LogP contribution is -2.28. The summed E-state index contributed by atoms with van der Waals surface area (Å²) in [5.41, 5.74) is -1.08. The second-order valence-corrected chi connectivity index (χ2v) is 7.25. The van der Waals surface area contributed by atoms with E-state index in [1.54, 1.807) is 24.3 Å². The fraction of sp³-hybridized carbons (Fsp3) is 0.250. The van der Waals surface area contributed by atoms with Gasteiger partial charge in [-0.3, -0.25) is 14.4 Å². The van der Waals surface area contributed by atoms with Crippen molar-refractivity contribution < 1.29 is 27.6 Å². The fourth-order valence-corrected chi connectivity index (χ4v) is 3.36. The molecule has 10 heteroatoms. The van der Waals surface area contributed by atoms with Crippen molar-refractivity contribution in [3.63, 3.8) is 0 Å². The summed E-state index contributed by atoms with van der Waals surface area (Å²) in [6.45, 7) is 1.20. The third kappa shape index (κ3) is 4.91. The van der Waals surface area contributed by atoms with Crippen LogP contribution in [0.2, 0.25) is 5.02 Å². The van der Waals surface area contributed by atoms with E-state index in [0.717, 1.165) is 12.1 Å². The number of benzene rings is 2. The highest BCUT2D eigenvalue weighted by Gasteiger charge is 2.38. The highest BCUT2D eigenvalue weighted by Crippen LogP contribution is 2.37. The predicted molar refractivity (Wildman–Crippen MR) is 106 cm³/mol. The quantitative estimate of drug-likeness (QED) is 0.745. The Bertz CT molecular complexity index is 1010. The van der Waals surface area contributed by atoms with Crippen LogP contribution in [0.3, 0.4) is 0 Å². The second kappa shape index (κ2) is 8.35. The highest BCUT2D eigenvalue weighted by molar-refractivity contribution is 6.31. The molecule has 30 heavy (non-hydrogen) atoms. The third-order valence-corrected chi connectivity index (χ3v) is 4.75. The Morgan fingerprint density at radius 3 is 2.50 bits per heavy atom. The maximum absolute atomic E-state index is 13.4. The molecule has 3 amide bonds. The van der Waals surface area contributed by atoms with Crippen molar-refractivity contribution in [3.8, 4) is 0 Å². The molecule has 1 saturated heterocycles. The number of rotatable bonds is 4. The molecular weight excluding hydrogens is 423 g/mol. The van der Waals surface area contributed by atoms with Crippen LogP contribution in [0.1, 0.15) is 18.9 Å². The van der Waals surface area contributed by atoms with Crippen LogP contribution < -0.4 is 15.5 Å². The number of anilines is 3. The Kier molecular flexibility index (Phi) is 6.02. The average molecular weight is 440 g/mol. The molecule has 0 radical (unpaired) electrons. The van der Waals surface area contributed by atoms with E-state index in [2.05, 4.69) is 10.6 Å². The molecule has 158 valence electrons. The van der Waals surface area contributed by atoms with Gasteiger partial charge in [-0.05, 0) is 36.4 Å². The Labute approximate surface area is 175 Å². The van der Waals surface area contributed by atoms with Crippen molar-refractivity contribution in [1.82, 2.24) is 0 Å². The number of halogens is 4. The van der Waals surface area contributed by atoms with Gasteiger partial charge in [-0.2, -0.15) is 13.2 Å². The Morgan fingerprint density at radius 1 is 1.13 bits per heavy atom. The Balaban J connectivity index is 1.79. The maximum Gasteiger partial charge on any atom is 0.418 e. The van der Waals surface area contributed by atoms with E-state index in [-0.39, 0.29) is 24.6 Å². The molecule has 2 aromatic rings. The third-order valence-electron chi connectivity index (χ3n) is 4.52. The lowest BCUT2D eigenvalue weighted by Gasteiger charge is -2.18. The van der Waals surface area contributed by atoms with Crippen molar-refractivity contribution >= 4 is 46.4 Å². The van der Waals surface area contributed by atoms with Crippen molar-refractivity contribution in [3.05, 3.63) is 53.1 Å². The van der Waals surface area contributed by atoms with Crippen LogP contribution in [-0.4, -0.2) is 24.3 Å². The van der Waals surface area contributed by atoms with Crippen LogP contribution in [0, 0.1) is 5.92 Å². The van der Waals surface area contributed by atoms with Gasteiger partial charge in [0.25, 0.3) is 0 Å². The zero-order valence-electron chi connectivity index (χ0n) is 15.7. The van der Waals surface area contributed by atoms with Gasteiger partial charge in [0.1, 0.15) is 0 Å². The van der Waals surface area contributed by atoms with Crippen molar-refractivity contribution in [2.24, 2.45) is 5.92 Å². The smallest absolute Gasteiger partial charge is 0.326 e. The number of carbonyl (C=O) groups excluding carboxylic acids is 3. The molecule has 0 aromatic heterocycles. The van der Waals surface area contributed by atoms with Gasteiger partial charge in [0.15, 0.2) is 0 Å². The van der Waals surface area contributed by atoms with E-state index in [9.17, 15) is 27.6 Å². The van der Waals surface area contributed by atoms with Crippen LogP contribution in [0.25, 0.3) is 0 Å². The van der Waals surface area contributed by atoms with Gasteiger partial charge < -0.3 is 15.5 Å². The van der Waals surface area contributed by atoms with Crippen molar-refractivity contribution in [2.75, 3.05) is 22.1 Å². The molecule has 0 bridgehead atoms. The first-order chi connectivity index (χ1) is 14.0. The molecule has 1 heterocycles. The summed E-state index contributed by atoms with van der Waals surface area (Å²) < 4.78 is 40.3. The van der Waals surface area contributed by atoms with Gasteiger partial charge in [-0.25, -0.2) is 0 Å². The van der Waals surface area contributed by atoms with Crippen LogP contribution in [0.4, 0.5) is 30.2 Å². The summed E-state index contributed by atoms with van der Waals surface area (Å²) in [5.74, 6) is -2.38. The molecular formula is C20H17ClF3N3O3. The van der Waals surface area contributed by atoms with E-state index in [1.807, 2.05) is 0 Å². The Morgan fingerprint density at radius 2 is 1.87 bits per heavy atom. The number of amides is 3. The molecule has 1 aliphatic heterocycles. The topological polar surface area (TPSA) is 78.5 Å². The molecule has 1 fully saturated rings. The van der Waals surface area contributed by atoms with E-state index in [4.69, 9.17) is 11.6 Å². The molecule has 2 aromatic carbocycles. The minimum Gasteiger partial charge on any atom is -0.326 e. The largest absolute Gasteiger partial charge is 0.418 e. The summed E-state index contributed by atoms with van der Waals surface area (Å²) in [7, 11) is 0. The summed E-state index contributed by atoms with van der Waals surface area (Å²) in [4.78, 5) is 37.4. The first-order valence-corrected chi connectivity index (χ1v) is 9.28. The second-order valence-electron chi connectivity index (χ2n) is 6.81. The van der Waals surface area contributed by atoms with Gasteiger partial charge in [0.05, 0.1) is 17.2 Å². The van der Waals surface area contributed by atoms with Gasteiger partial charge in [-0.1, -0.05) is 17.7 Å². The fourth-order valence-electron chi connectivity index (χ4n) is 3.18. The summed E-state index contributed by atoms with van der Waals surface area (Å²) >= 11 is 5.93. The lowest BCUT2D eigenvalue weighted by molar-refractivity contribution is -0.137. The van der Waals surface area contributed by atoms with Gasteiger partial charge in [0, 0.05) is 36.3 Å². The normalized spacial score (nSPS) is 16.5. The standard InChI is InChI=1S/C20H17ClF3N3O3/c1-11(28)25-14-5-6-17(16(9-14)20(22,23)24)26-19(30)12-7-18(29)27(10-12)15-4-2-3-13(21)8-15/h2-6,8-9,12H,7,10H2,1H3,(H,25,28)(H,26,30). The number of hydrogen-bond donors (Lipinski definition) is 2. The van der Waals surface area contributed by atoms with Gasteiger partial charge >= 0.3 is 6.18 Å². The van der Waals surface area contributed by atoms with Gasteiger partial charge in [0.2, 0.25) is 17.7 Å². The van der Waals surface area contributed by atoms with E-state index < -0.39 is 35.2 Å². The predicted octanol–water partition coefficient (Wildman–Crippen LogP) is 4.31. The number of nitrogens with zero attached hydrogens (tertiary/aromatic N) is 1. The minimum absolute atomic E-state index is 0.0241. The monoisotopic (exact) mass is 439 g/mol. The van der Waals surface area contributed by atoms with E-state index in [1.165, 1.54) is 17.9 Å². The number of alkyl halides is 3. The van der Waals surface area contributed by atoms with Crippen LogP contribution >= 0.6 is 11.6 Å². The molecule has 0 spiro atoms. The van der Waals surface area contributed by atoms with Crippen LogP contribution in [-0.2, 0) is 20.6 Å². The Hall–Kier alpha value is -3.07. The summed E-state index contributed by atoms with van der Waals surface area (Å²) in [6.07, 6.45) is -4.89. The molecule has 6 nitrogen and oxygen atoms in total. The van der Waals surface area contributed by atoms with Gasteiger partial charge in [-0.15, -0.1) is 0 Å². The number of hydrogen-bond acceptors (Lipinski definition) is 3. The molecule has 1 aliphatic rings. The lowest BCUT2D eigenvalue weighted by atomic mass is 10.1. The maximum atomic E-state index is 13.4. The minimum atomic E-state index is -4.75. The number of carbonyl (C=O) groups is 3. The summed E-state index contributed by atoms with van der Waals surface area (Å²) in [6, 6.07) is 9.59. The van der Waals surface area contributed by atoms with Crippen molar-refractivity contribution in [2.45, 2.75) is 19.5 Å². The van der Waals surface area contributed by atoms with Crippen LogP contribution in [0.15, 0.2) is 42.5 Å². The number of nitrogens with one attached hydrogen (secondary N) is 2. The zero-order chi connectivity index (χ0) is 22.1. The highest BCUT2D eigenvalue weighted by atomic mass is 35.5. The van der Waals surface area contributed by atoms with E-state index >= 15 is 0 Å². The SMILES string of the molecule is CC(=O)Nc1ccc(NC(=O)C2CC(=O)N(c3cccc(Cl)c3)C2)c(C(F)(F)F)c1. The summed E-state index contributed by atoms with van der Waals surface area (Å²) in [5, 5.41) is 4.96. The molecule has 2 N–H and O–H groups in total. The zero-order valence-corrected chi connectivity index (χ0v) is 16.5. The molecule has 0 aliphatic carbocycles. The average Bonchev–Trinajstić information content (AvgIpc) is 3.03. The molecule has 3 rings (SSSR count). The molecule has 0 saturated carbocycles. The molecule has 1 atom stereocenters. The first kappa shape index (κ1) is 21.6. The first-order valence-electron chi connectivity index (χ1n) is 8.90.